The molecule has 1 fully saturated rings. The Labute approximate surface area is 93.5 Å². The quantitative estimate of drug-likeness (QED) is 0.659. The van der Waals surface area contributed by atoms with Gasteiger partial charge in [0.2, 0.25) is 0 Å². The zero-order valence-corrected chi connectivity index (χ0v) is 10.3. The Hall–Kier alpha value is -0.120. The van der Waals surface area contributed by atoms with Crippen molar-refractivity contribution in [3.8, 4) is 0 Å². The van der Waals surface area contributed by atoms with Crippen LogP contribution in [-0.2, 0) is 9.47 Å². The summed E-state index contributed by atoms with van der Waals surface area (Å²) in [5.41, 5.74) is 0. The summed E-state index contributed by atoms with van der Waals surface area (Å²) in [4.78, 5) is 0. The van der Waals surface area contributed by atoms with Crippen LogP contribution in [0.2, 0.25) is 0 Å². The lowest BCUT2D eigenvalue weighted by Gasteiger charge is -2.12. The monoisotopic (exact) mass is 215 g/mol. The summed E-state index contributed by atoms with van der Waals surface area (Å²) >= 11 is 0. The second kappa shape index (κ2) is 7.20. The van der Waals surface area contributed by atoms with Crippen molar-refractivity contribution in [3.05, 3.63) is 0 Å². The molecule has 2 unspecified atom stereocenters. The Morgan fingerprint density at radius 3 is 2.80 bits per heavy atom. The van der Waals surface area contributed by atoms with Crippen LogP contribution in [-0.4, -0.2) is 38.0 Å². The van der Waals surface area contributed by atoms with Gasteiger partial charge in [-0.15, -0.1) is 0 Å². The van der Waals surface area contributed by atoms with Crippen molar-refractivity contribution in [1.29, 1.82) is 0 Å². The van der Waals surface area contributed by atoms with Crippen LogP contribution in [0.3, 0.4) is 0 Å². The molecule has 3 nitrogen and oxygen atoms in total. The van der Waals surface area contributed by atoms with Crippen molar-refractivity contribution in [2.45, 2.75) is 58.3 Å². The molecule has 15 heavy (non-hydrogen) atoms. The van der Waals surface area contributed by atoms with E-state index in [4.69, 9.17) is 9.47 Å². The molecule has 1 N–H and O–H groups in total. The van der Waals surface area contributed by atoms with Gasteiger partial charge >= 0.3 is 0 Å². The average Bonchev–Trinajstić information content (AvgIpc) is 2.57. The molecule has 0 aromatic carbocycles. The van der Waals surface area contributed by atoms with Crippen molar-refractivity contribution in [3.63, 3.8) is 0 Å². The fourth-order valence-electron chi connectivity index (χ4n) is 1.81. The lowest BCUT2D eigenvalue weighted by molar-refractivity contribution is 0.0539. The van der Waals surface area contributed by atoms with Gasteiger partial charge in [0.1, 0.15) is 0 Å². The number of hydrogen-bond donors (Lipinski definition) is 1. The van der Waals surface area contributed by atoms with Crippen molar-refractivity contribution in [2.75, 3.05) is 19.7 Å². The molecule has 0 aromatic heterocycles. The first-order chi connectivity index (χ1) is 7.18. The van der Waals surface area contributed by atoms with Crippen LogP contribution in [0.4, 0.5) is 0 Å². The normalized spacial score (nSPS) is 26.4. The van der Waals surface area contributed by atoms with E-state index in [9.17, 15) is 0 Å². The van der Waals surface area contributed by atoms with E-state index in [2.05, 4.69) is 26.1 Å². The van der Waals surface area contributed by atoms with Crippen molar-refractivity contribution < 1.29 is 9.47 Å². The predicted octanol–water partition coefficient (Wildman–Crippen LogP) is 1.96. The predicted molar refractivity (Wildman–Crippen MR) is 62.1 cm³/mol. The first-order valence-electron chi connectivity index (χ1n) is 6.16. The lowest BCUT2D eigenvalue weighted by Crippen LogP contribution is -2.28. The summed E-state index contributed by atoms with van der Waals surface area (Å²) in [6.07, 6.45) is 4.75. The van der Waals surface area contributed by atoms with E-state index in [1.165, 1.54) is 12.8 Å². The van der Waals surface area contributed by atoms with E-state index in [-0.39, 0.29) is 0 Å². The van der Waals surface area contributed by atoms with Crippen LogP contribution in [0.25, 0.3) is 0 Å². The molecule has 0 radical (unpaired) electrons. The molecule has 1 aliphatic heterocycles. The molecule has 1 saturated heterocycles. The Bertz CT molecular complexity index is 162. The first-order valence-corrected chi connectivity index (χ1v) is 6.16. The van der Waals surface area contributed by atoms with Crippen molar-refractivity contribution in [1.82, 2.24) is 5.32 Å². The van der Waals surface area contributed by atoms with Crippen LogP contribution in [0.5, 0.6) is 0 Å². The topological polar surface area (TPSA) is 30.5 Å². The van der Waals surface area contributed by atoms with Gasteiger partial charge in [-0.25, -0.2) is 0 Å². The third kappa shape index (κ3) is 6.13. The van der Waals surface area contributed by atoms with Gasteiger partial charge in [0.05, 0.1) is 18.3 Å². The Kier molecular flexibility index (Phi) is 6.22. The minimum Gasteiger partial charge on any atom is -0.379 e. The van der Waals surface area contributed by atoms with Gasteiger partial charge in [-0.05, 0) is 46.6 Å². The van der Waals surface area contributed by atoms with Gasteiger partial charge in [-0.1, -0.05) is 0 Å². The molecule has 0 amide bonds. The minimum atomic E-state index is 0.351. The van der Waals surface area contributed by atoms with E-state index >= 15 is 0 Å². The fraction of sp³-hybridized carbons (Fsp3) is 1.00. The van der Waals surface area contributed by atoms with Crippen LogP contribution in [0, 0.1) is 0 Å². The van der Waals surface area contributed by atoms with E-state index in [1.807, 2.05) is 0 Å². The molecule has 1 aliphatic rings. The molecule has 90 valence electrons. The Balaban J connectivity index is 1.85. The largest absolute Gasteiger partial charge is 0.379 e. The second-order valence-corrected chi connectivity index (χ2v) is 4.62. The van der Waals surface area contributed by atoms with Crippen LogP contribution < -0.4 is 5.32 Å². The summed E-state index contributed by atoms with van der Waals surface area (Å²) in [6, 6.07) is 0. The van der Waals surface area contributed by atoms with Gasteiger partial charge < -0.3 is 14.8 Å². The van der Waals surface area contributed by atoms with E-state index in [1.54, 1.807) is 0 Å². The molecule has 2 atom stereocenters. The molecule has 0 saturated carbocycles. The highest BCUT2D eigenvalue weighted by Gasteiger charge is 2.20. The standard InChI is InChI=1S/C12H25NO2/c1-10(2)14-8-4-7-13-9-12-6-5-11(3)15-12/h10-13H,4-9H2,1-3H3. The molecule has 0 bridgehead atoms. The minimum absolute atomic E-state index is 0.351. The fourth-order valence-corrected chi connectivity index (χ4v) is 1.81. The van der Waals surface area contributed by atoms with Crippen LogP contribution in [0.15, 0.2) is 0 Å². The third-order valence-electron chi connectivity index (χ3n) is 2.64. The molecule has 0 aromatic rings. The number of hydrogen-bond acceptors (Lipinski definition) is 3. The van der Waals surface area contributed by atoms with Crippen LogP contribution in [0.1, 0.15) is 40.0 Å². The SMILES string of the molecule is CC(C)OCCCNCC1CCC(C)O1. The number of nitrogens with one attached hydrogen (secondary N) is 1. The average molecular weight is 215 g/mol. The van der Waals surface area contributed by atoms with Crippen LogP contribution >= 0.6 is 0 Å². The lowest BCUT2D eigenvalue weighted by atomic mass is 10.2. The highest BCUT2D eigenvalue weighted by molar-refractivity contribution is 4.72. The van der Waals surface area contributed by atoms with Gasteiger partial charge in [-0.2, -0.15) is 0 Å². The van der Waals surface area contributed by atoms with Gasteiger partial charge in [0, 0.05) is 13.2 Å². The van der Waals surface area contributed by atoms with Gasteiger partial charge in [0.15, 0.2) is 0 Å². The molecule has 1 rings (SSSR count). The number of ether oxygens (including phenoxy) is 2. The summed E-state index contributed by atoms with van der Waals surface area (Å²) in [6.45, 7) is 9.17. The van der Waals surface area contributed by atoms with Gasteiger partial charge in [-0.3, -0.25) is 0 Å². The summed E-state index contributed by atoms with van der Waals surface area (Å²) in [5, 5.41) is 3.42. The maximum Gasteiger partial charge on any atom is 0.0704 e. The summed E-state index contributed by atoms with van der Waals surface area (Å²) in [5.74, 6) is 0. The Morgan fingerprint density at radius 1 is 1.40 bits per heavy atom. The molecule has 0 spiro atoms. The molecule has 3 heteroatoms. The highest BCUT2D eigenvalue weighted by atomic mass is 16.5. The first kappa shape index (κ1) is 12.9. The molecule has 1 heterocycles. The zero-order chi connectivity index (χ0) is 11.1. The maximum absolute atomic E-state index is 5.71. The molecular formula is C12H25NO2. The summed E-state index contributed by atoms with van der Waals surface area (Å²) in [7, 11) is 0. The summed E-state index contributed by atoms with van der Waals surface area (Å²) < 4.78 is 11.2. The van der Waals surface area contributed by atoms with Crippen molar-refractivity contribution in [2.24, 2.45) is 0 Å². The highest BCUT2D eigenvalue weighted by Crippen LogP contribution is 2.17. The second-order valence-electron chi connectivity index (χ2n) is 4.62. The van der Waals surface area contributed by atoms with E-state index < -0.39 is 0 Å². The number of rotatable bonds is 7. The maximum atomic E-state index is 5.71. The van der Waals surface area contributed by atoms with Gasteiger partial charge in [0.25, 0.3) is 0 Å². The smallest absolute Gasteiger partial charge is 0.0704 e. The Morgan fingerprint density at radius 2 is 2.20 bits per heavy atom. The molecular weight excluding hydrogens is 190 g/mol. The molecule has 0 aliphatic carbocycles. The van der Waals surface area contributed by atoms with E-state index in [0.717, 1.165) is 26.1 Å². The van der Waals surface area contributed by atoms with Crippen molar-refractivity contribution >= 4 is 0 Å². The third-order valence-corrected chi connectivity index (χ3v) is 2.64. The van der Waals surface area contributed by atoms with E-state index in [0.29, 0.717) is 18.3 Å². The zero-order valence-electron chi connectivity index (χ0n) is 10.3.